The fourth-order valence-corrected chi connectivity index (χ4v) is 3.65. The molecule has 0 saturated heterocycles. The number of Topliss-reactive ketones (excluding diaryl/α,β-unsaturated/α-hetero) is 1. The number of amides is 1. The van der Waals surface area contributed by atoms with Crippen molar-refractivity contribution in [3.8, 4) is 0 Å². The van der Waals surface area contributed by atoms with E-state index in [9.17, 15) is 24.3 Å². The standard InChI is InChI=1S/C25H26N6O5/c1-31(2)30-19-11-20(32)22(15-7-16(25(35)36)9-17(26)8-15)18(23(19)34)10-21(33)29-12-13-3-5-14(6-4-13)24(27)28/h3-9,11,30H,10,12,26H2,1-2H3,(H3,27,28)(H,29,33)(H,35,36). The lowest BCUT2D eigenvalue weighted by molar-refractivity contribution is -0.122. The van der Waals surface area contributed by atoms with Crippen molar-refractivity contribution in [2.75, 3.05) is 19.8 Å². The maximum Gasteiger partial charge on any atom is 0.335 e. The van der Waals surface area contributed by atoms with Crippen molar-refractivity contribution in [3.63, 3.8) is 0 Å². The van der Waals surface area contributed by atoms with E-state index in [0.717, 1.165) is 11.6 Å². The fourth-order valence-electron chi connectivity index (χ4n) is 3.65. The van der Waals surface area contributed by atoms with Gasteiger partial charge in [0.15, 0.2) is 5.78 Å². The Bertz CT molecular complexity index is 1320. The predicted octanol–water partition coefficient (Wildman–Crippen LogP) is 0.813. The summed E-state index contributed by atoms with van der Waals surface area (Å²) in [5, 5.41) is 21.0. The highest BCUT2D eigenvalue weighted by atomic mass is 16.4. The Balaban J connectivity index is 1.94. The van der Waals surface area contributed by atoms with Crippen LogP contribution in [-0.4, -0.2) is 53.5 Å². The fraction of sp³-hybridized carbons (Fsp3) is 0.160. The van der Waals surface area contributed by atoms with Gasteiger partial charge in [0.2, 0.25) is 11.7 Å². The van der Waals surface area contributed by atoms with Gasteiger partial charge in [-0.1, -0.05) is 24.3 Å². The molecule has 0 unspecified atom stereocenters. The summed E-state index contributed by atoms with van der Waals surface area (Å²) in [6.45, 7) is 0.141. The number of carbonyl (C=O) groups is 4. The number of amidine groups is 1. The highest BCUT2D eigenvalue weighted by Gasteiger charge is 2.31. The number of nitrogen functional groups attached to an aromatic ring is 2. The number of nitrogens with one attached hydrogen (secondary N) is 3. The van der Waals surface area contributed by atoms with E-state index in [1.807, 2.05) is 0 Å². The molecule has 11 nitrogen and oxygen atoms in total. The molecule has 1 aliphatic rings. The normalized spacial score (nSPS) is 13.5. The molecule has 11 heteroatoms. The second kappa shape index (κ2) is 10.7. The van der Waals surface area contributed by atoms with E-state index < -0.39 is 29.9 Å². The number of hydrogen-bond donors (Lipinski definition) is 6. The molecule has 3 rings (SSSR count). The molecular formula is C25H26N6O5. The Morgan fingerprint density at radius 1 is 1.06 bits per heavy atom. The number of allylic oxidation sites excluding steroid dienone is 3. The number of carboxylic acids is 1. The molecule has 2 aromatic carbocycles. The lowest BCUT2D eigenvalue weighted by Crippen LogP contribution is -2.37. The summed E-state index contributed by atoms with van der Waals surface area (Å²) in [6, 6.07) is 10.6. The van der Waals surface area contributed by atoms with Crippen LogP contribution in [0.3, 0.4) is 0 Å². The van der Waals surface area contributed by atoms with Crippen LogP contribution in [0.1, 0.15) is 33.5 Å². The van der Waals surface area contributed by atoms with Crippen LogP contribution in [0.15, 0.2) is 59.8 Å². The van der Waals surface area contributed by atoms with Gasteiger partial charge in [0.1, 0.15) is 11.5 Å². The van der Waals surface area contributed by atoms with E-state index in [-0.39, 0.29) is 46.0 Å². The van der Waals surface area contributed by atoms with Crippen molar-refractivity contribution in [2.24, 2.45) is 5.73 Å². The first-order valence-corrected chi connectivity index (χ1v) is 10.8. The van der Waals surface area contributed by atoms with Gasteiger partial charge in [-0.15, -0.1) is 0 Å². The van der Waals surface area contributed by atoms with Crippen LogP contribution in [0.5, 0.6) is 0 Å². The van der Waals surface area contributed by atoms with E-state index in [2.05, 4.69) is 10.7 Å². The molecule has 0 heterocycles. The summed E-state index contributed by atoms with van der Waals surface area (Å²) < 4.78 is 0. The Hall–Kier alpha value is -4.77. The number of rotatable bonds is 9. The molecule has 0 aliphatic heterocycles. The largest absolute Gasteiger partial charge is 0.478 e. The molecule has 186 valence electrons. The van der Waals surface area contributed by atoms with Crippen molar-refractivity contribution in [1.82, 2.24) is 15.8 Å². The van der Waals surface area contributed by atoms with Crippen molar-refractivity contribution in [3.05, 3.63) is 82.1 Å². The third kappa shape index (κ3) is 6.02. The van der Waals surface area contributed by atoms with E-state index in [4.69, 9.17) is 16.9 Å². The first-order valence-electron chi connectivity index (χ1n) is 10.8. The molecule has 0 bridgehead atoms. The van der Waals surface area contributed by atoms with Crippen molar-refractivity contribution in [2.45, 2.75) is 13.0 Å². The van der Waals surface area contributed by atoms with Gasteiger partial charge in [-0.05, 0) is 29.3 Å². The summed E-state index contributed by atoms with van der Waals surface area (Å²) in [7, 11) is 3.28. The Morgan fingerprint density at radius 2 is 1.72 bits per heavy atom. The van der Waals surface area contributed by atoms with Crippen molar-refractivity contribution < 1.29 is 24.3 Å². The highest BCUT2D eigenvalue weighted by Crippen LogP contribution is 2.31. The smallest absolute Gasteiger partial charge is 0.335 e. The van der Waals surface area contributed by atoms with Crippen LogP contribution in [0.2, 0.25) is 0 Å². The van der Waals surface area contributed by atoms with Gasteiger partial charge in [-0.25, -0.2) is 9.80 Å². The SMILES string of the molecule is CN(C)NC1=CC(=O)C(c2cc(N)cc(C(=O)O)c2)=C(CC(=O)NCc2ccc(C(=N)N)cc2)C1=O. The molecule has 0 spiro atoms. The second-order valence-corrected chi connectivity index (χ2v) is 8.32. The van der Waals surface area contributed by atoms with Crippen LogP contribution < -0.4 is 22.2 Å². The number of nitrogens with two attached hydrogens (primary N) is 2. The van der Waals surface area contributed by atoms with Gasteiger partial charge < -0.3 is 27.3 Å². The van der Waals surface area contributed by atoms with Crippen LogP contribution >= 0.6 is 0 Å². The van der Waals surface area contributed by atoms with Gasteiger partial charge in [0, 0.05) is 49.1 Å². The second-order valence-electron chi connectivity index (χ2n) is 8.32. The Morgan fingerprint density at radius 3 is 2.31 bits per heavy atom. The maximum absolute atomic E-state index is 13.3. The number of anilines is 1. The number of ketones is 2. The maximum atomic E-state index is 13.3. The first kappa shape index (κ1) is 25.8. The minimum absolute atomic E-state index is 0.0151. The lowest BCUT2D eigenvalue weighted by Gasteiger charge is -2.23. The molecular weight excluding hydrogens is 464 g/mol. The van der Waals surface area contributed by atoms with E-state index >= 15 is 0 Å². The molecule has 1 amide bonds. The molecule has 2 aromatic rings. The van der Waals surface area contributed by atoms with Gasteiger partial charge in [0.05, 0.1) is 12.0 Å². The summed E-state index contributed by atoms with van der Waals surface area (Å²) in [4.78, 5) is 50.7. The number of carbonyl (C=O) groups excluding carboxylic acids is 3. The number of hydrogen-bond acceptors (Lipinski definition) is 8. The van der Waals surface area contributed by atoms with E-state index in [1.54, 1.807) is 38.4 Å². The van der Waals surface area contributed by atoms with Gasteiger partial charge in [-0.3, -0.25) is 19.8 Å². The monoisotopic (exact) mass is 490 g/mol. The number of benzene rings is 2. The molecule has 8 N–H and O–H groups in total. The zero-order valence-corrected chi connectivity index (χ0v) is 19.7. The minimum atomic E-state index is -1.25. The number of carboxylic acid groups (broad SMARTS) is 1. The van der Waals surface area contributed by atoms with Crippen LogP contribution in [0, 0.1) is 5.41 Å². The zero-order valence-electron chi connectivity index (χ0n) is 19.7. The van der Waals surface area contributed by atoms with E-state index in [0.29, 0.717) is 5.56 Å². The summed E-state index contributed by atoms with van der Waals surface area (Å²) in [6.07, 6.45) is 0.689. The number of aromatic carboxylic acids is 1. The van der Waals surface area contributed by atoms with Crippen LogP contribution in [-0.2, 0) is 20.9 Å². The topological polar surface area (TPSA) is 192 Å². The molecule has 0 saturated carbocycles. The third-order valence-corrected chi connectivity index (χ3v) is 5.27. The highest BCUT2D eigenvalue weighted by molar-refractivity contribution is 6.38. The summed E-state index contributed by atoms with van der Waals surface area (Å²) in [5.74, 6) is -2.98. The lowest BCUT2D eigenvalue weighted by atomic mass is 9.85. The molecule has 36 heavy (non-hydrogen) atoms. The average Bonchev–Trinajstić information content (AvgIpc) is 2.80. The van der Waals surface area contributed by atoms with Crippen molar-refractivity contribution >= 4 is 40.5 Å². The Kier molecular flexibility index (Phi) is 7.65. The predicted molar refractivity (Wildman–Crippen MR) is 134 cm³/mol. The van der Waals surface area contributed by atoms with Crippen molar-refractivity contribution in [1.29, 1.82) is 5.41 Å². The van der Waals surface area contributed by atoms with Gasteiger partial charge in [0.25, 0.3) is 0 Å². The molecule has 0 radical (unpaired) electrons. The van der Waals surface area contributed by atoms with Crippen LogP contribution in [0.25, 0.3) is 5.57 Å². The van der Waals surface area contributed by atoms with Crippen LogP contribution in [0.4, 0.5) is 5.69 Å². The zero-order chi connectivity index (χ0) is 26.6. The number of nitrogens with zero attached hydrogens (tertiary/aromatic N) is 1. The molecule has 0 aromatic heterocycles. The molecule has 0 fully saturated rings. The van der Waals surface area contributed by atoms with Gasteiger partial charge in [-0.2, -0.15) is 0 Å². The average molecular weight is 491 g/mol. The summed E-state index contributed by atoms with van der Waals surface area (Å²) in [5.41, 5.74) is 15.2. The number of hydrazine groups is 1. The third-order valence-electron chi connectivity index (χ3n) is 5.27. The minimum Gasteiger partial charge on any atom is -0.478 e. The first-order chi connectivity index (χ1) is 17.0. The molecule has 0 atom stereocenters. The van der Waals surface area contributed by atoms with E-state index in [1.165, 1.54) is 23.2 Å². The quantitative estimate of drug-likeness (QED) is 0.0970. The van der Waals surface area contributed by atoms with Gasteiger partial charge >= 0.3 is 5.97 Å². The summed E-state index contributed by atoms with van der Waals surface area (Å²) >= 11 is 0. The Labute approximate surface area is 206 Å². The molecule has 1 aliphatic carbocycles.